The predicted octanol–water partition coefficient (Wildman–Crippen LogP) is 5.04. The van der Waals surface area contributed by atoms with Crippen molar-refractivity contribution in [2.75, 3.05) is 17.3 Å². The van der Waals surface area contributed by atoms with Gasteiger partial charge in [-0.2, -0.15) is 0 Å². The molecule has 1 saturated carbocycles. The molecule has 1 saturated heterocycles. The maximum atomic E-state index is 13.8. The van der Waals surface area contributed by atoms with Gasteiger partial charge in [-0.3, -0.25) is 15.1 Å². The van der Waals surface area contributed by atoms with Crippen molar-refractivity contribution in [3.63, 3.8) is 0 Å². The van der Waals surface area contributed by atoms with Gasteiger partial charge in [-0.15, -0.1) is 0 Å². The highest BCUT2D eigenvalue weighted by molar-refractivity contribution is 6.07. The van der Waals surface area contributed by atoms with Crippen LogP contribution >= 0.6 is 0 Å². The van der Waals surface area contributed by atoms with Gasteiger partial charge in [0.1, 0.15) is 11.4 Å². The minimum atomic E-state index is -0.0895. The minimum Gasteiger partial charge on any atom is -0.341 e. The number of rotatable bonds is 5. The summed E-state index contributed by atoms with van der Waals surface area (Å²) >= 11 is 0. The zero-order valence-electron chi connectivity index (χ0n) is 20.8. The van der Waals surface area contributed by atoms with Crippen LogP contribution < -0.4 is 15.5 Å². The number of carbonyl (C=O) groups is 1. The van der Waals surface area contributed by atoms with Crippen molar-refractivity contribution in [3.05, 3.63) is 96.3 Å². The molecular formula is C30H30N6O. The van der Waals surface area contributed by atoms with Crippen molar-refractivity contribution in [1.82, 2.24) is 19.8 Å². The van der Waals surface area contributed by atoms with E-state index in [9.17, 15) is 4.79 Å². The average molecular weight is 491 g/mol. The smallest absolute Gasteiger partial charge is 0.262 e. The second kappa shape index (κ2) is 8.78. The quantitative estimate of drug-likeness (QED) is 0.410. The van der Waals surface area contributed by atoms with Crippen LogP contribution in [0.5, 0.6) is 0 Å². The molecule has 2 aromatic carbocycles. The first-order chi connectivity index (χ1) is 18.2. The number of amides is 1. The molecule has 7 rings (SSSR count). The molecule has 186 valence electrons. The average Bonchev–Trinajstić information content (AvgIpc) is 3.63. The molecule has 7 nitrogen and oxygen atoms in total. The van der Waals surface area contributed by atoms with E-state index in [2.05, 4.69) is 55.5 Å². The van der Waals surface area contributed by atoms with Crippen LogP contribution in [0.15, 0.2) is 85.2 Å². The number of benzene rings is 2. The maximum absolute atomic E-state index is 13.8. The van der Waals surface area contributed by atoms with Gasteiger partial charge in [0, 0.05) is 49.3 Å². The monoisotopic (exact) mass is 490 g/mol. The second-order valence-corrected chi connectivity index (χ2v) is 10.2. The minimum absolute atomic E-state index is 0.0476. The van der Waals surface area contributed by atoms with Crippen molar-refractivity contribution in [1.29, 1.82) is 0 Å². The Morgan fingerprint density at radius 2 is 1.81 bits per heavy atom. The van der Waals surface area contributed by atoms with E-state index >= 15 is 0 Å². The van der Waals surface area contributed by atoms with Crippen LogP contribution in [0.2, 0.25) is 0 Å². The summed E-state index contributed by atoms with van der Waals surface area (Å²) in [5, 5.41) is 7.31. The van der Waals surface area contributed by atoms with Crippen molar-refractivity contribution >= 4 is 23.1 Å². The lowest BCUT2D eigenvalue weighted by molar-refractivity contribution is 0.0697. The third-order valence-electron chi connectivity index (χ3n) is 8.00. The number of nitrogens with one attached hydrogen (secondary N) is 2. The molecule has 7 heteroatoms. The fraction of sp³-hybridized carbons (Fsp3) is 0.267. The number of aromatic nitrogens is 2. The maximum Gasteiger partial charge on any atom is 0.262 e. The van der Waals surface area contributed by atoms with Crippen LogP contribution in [0.3, 0.4) is 0 Å². The topological polar surface area (TPSA) is 65.4 Å². The molecule has 2 N–H and O–H groups in total. The van der Waals surface area contributed by atoms with E-state index in [0.29, 0.717) is 18.6 Å². The summed E-state index contributed by atoms with van der Waals surface area (Å²) in [5.74, 6) is 0.887. The van der Waals surface area contributed by atoms with Gasteiger partial charge in [0.2, 0.25) is 0 Å². The molecule has 2 aromatic heterocycles. The first kappa shape index (κ1) is 22.1. The van der Waals surface area contributed by atoms with Crippen molar-refractivity contribution in [3.8, 4) is 11.3 Å². The highest BCUT2D eigenvalue weighted by Gasteiger charge is 2.51. The van der Waals surface area contributed by atoms with Crippen LogP contribution in [-0.2, 0) is 6.54 Å². The SMILES string of the molecule is CN1C(=O)c2c(cn(Cc3ccc(-c4ccccn4)cc3)c2Nc2ccccc2)N2C1N[C@@H]1CCC[C@@H]12. The van der Waals surface area contributed by atoms with E-state index in [1.165, 1.54) is 12.0 Å². The molecule has 4 heterocycles. The lowest BCUT2D eigenvalue weighted by Crippen LogP contribution is -2.56. The van der Waals surface area contributed by atoms with Gasteiger partial charge in [0.25, 0.3) is 5.91 Å². The standard InChI is InChI=1S/C30H30N6O/c1-34-29(37)27-26(36-25-12-7-11-24(25)33-30(34)36)19-35(28(27)32-22-8-3-2-4-9-22)18-20-13-15-21(16-14-20)23-10-5-6-17-31-23/h2-6,8-10,13-17,19,24-25,30,32-33H,7,11-12,18H2,1H3/t24-,25+,30?/m1/s1. The molecule has 2 fully saturated rings. The number of pyridine rings is 1. The predicted molar refractivity (Wildman–Crippen MR) is 146 cm³/mol. The van der Waals surface area contributed by atoms with E-state index in [-0.39, 0.29) is 12.2 Å². The molecule has 3 aliphatic rings. The first-order valence-electron chi connectivity index (χ1n) is 13.0. The zero-order valence-corrected chi connectivity index (χ0v) is 20.8. The summed E-state index contributed by atoms with van der Waals surface area (Å²) in [6.45, 7) is 0.654. The molecule has 1 amide bonds. The van der Waals surface area contributed by atoms with Gasteiger partial charge >= 0.3 is 0 Å². The number of fused-ring (bicyclic) bond motifs is 5. The number of nitrogens with zero attached hydrogens (tertiary/aromatic N) is 4. The summed E-state index contributed by atoms with van der Waals surface area (Å²) in [6.07, 6.45) is 7.43. The Bertz CT molecular complexity index is 1430. The van der Waals surface area contributed by atoms with Gasteiger partial charge in [-0.05, 0) is 49.1 Å². The normalized spacial score (nSPS) is 22.1. The molecule has 0 radical (unpaired) electrons. The zero-order chi connectivity index (χ0) is 24.9. The van der Waals surface area contributed by atoms with Crippen LogP contribution in [-0.4, -0.2) is 45.8 Å². The summed E-state index contributed by atoms with van der Waals surface area (Å²) in [7, 11) is 1.91. The number of anilines is 3. The van der Waals surface area contributed by atoms with Crippen LogP contribution in [0.1, 0.15) is 35.2 Å². The first-order valence-corrected chi connectivity index (χ1v) is 13.0. The third kappa shape index (κ3) is 3.69. The number of carbonyl (C=O) groups excluding carboxylic acids is 1. The number of hydrogen-bond acceptors (Lipinski definition) is 5. The fourth-order valence-electron chi connectivity index (χ4n) is 6.19. The molecule has 1 unspecified atom stereocenters. The summed E-state index contributed by atoms with van der Waals surface area (Å²) in [5.41, 5.74) is 5.96. The number of para-hydroxylation sites is 1. The van der Waals surface area contributed by atoms with Crippen LogP contribution in [0, 0.1) is 0 Å². The van der Waals surface area contributed by atoms with E-state index in [0.717, 1.165) is 46.9 Å². The molecule has 0 bridgehead atoms. The highest BCUT2D eigenvalue weighted by Crippen LogP contribution is 2.44. The van der Waals surface area contributed by atoms with Crippen molar-refractivity contribution in [2.24, 2.45) is 0 Å². The van der Waals surface area contributed by atoms with Crippen molar-refractivity contribution < 1.29 is 4.79 Å². The molecule has 1 aliphatic carbocycles. The molecule has 3 atom stereocenters. The molecule has 4 aromatic rings. The Kier molecular flexibility index (Phi) is 5.25. The van der Waals surface area contributed by atoms with E-state index in [1.54, 1.807) is 0 Å². The largest absolute Gasteiger partial charge is 0.341 e. The van der Waals surface area contributed by atoms with E-state index in [1.807, 2.05) is 66.7 Å². The Labute approximate surface area is 216 Å². The third-order valence-corrected chi connectivity index (χ3v) is 8.00. The summed E-state index contributed by atoms with van der Waals surface area (Å²) in [4.78, 5) is 22.5. The van der Waals surface area contributed by atoms with Gasteiger partial charge in [-0.25, -0.2) is 0 Å². The lowest BCUT2D eigenvalue weighted by Gasteiger charge is -2.40. The van der Waals surface area contributed by atoms with Gasteiger partial charge in [-0.1, -0.05) is 48.5 Å². The van der Waals surface area contributed by atoms with Gasteiger partial charge < -0.3 is 19.7 Å². The van der Waals surface area contributed by atoms with E-state index in [4.69, 9.17) is 0 Å². The Balaban J connectivity index is 1.29. The lowest BCUT2D eigenvalue weighted by atomic mass is 10.1. The molecule has 37 heavy (non-hydrogen) atoms. The van der Waals surface area contributed by atoms with Gasteiger partial charge in [0.05, 0.1) is 11.4 Å². The van der Waals surface area contributed by atoms with Gasteiger partial charge in [0.15, 0.2) is 6.29 Å². The summed E-state index contributed by atoms with van der Waals surface area (Å²) in [6, 6.07) is 25.4. The fourth-order valence-corrected chi connectivity index (χ4v) is 6.19. The number of hydrogen-bond donors (Lipinski definition) is 2. The molecule has 2 aliphatic heterocycles. The Morgan fingerprint density at radius 3 is 2.59 bits per heavy atom. The van der Waals surface area contributed by atoms with Crippen LogP contribution in [0.25, 0.3) is 11.3 Å². The Hall–Kier alpha value is -4.10. The Morgan fingerprint density at radius 1 is 1.00 bits per heavy atom. The van der Waals surface area contributed by atoms with Crippen LogP contribution in [0.4, 0.5) is 17.2 Å². The molecular weight excluding hydrogens is 460 g/mol. The van der Waals surface area contributed by atoms with E-state index < -0.39 is 0 Å². The molecule has 0 spiro atoms. The van der Waals surface area contributed by atoms with Crippen molar-refractivity contribution in [2.45, 2.75) is 44.2 Å². The second-order valence-electron chi connectivity index (χ2n) is 10.2. The summed E-state index contributed by atoms with van der Waals surface area (Å²) < 4.78 is 2.20. The highest BCUT2D eigenvalue weighted by atomic mass is 16.2.